The van der Waals surface area contributed by atoms with E-state index in [0.717, 1.165) is 11.3 Å². The van der Waals surface area contributed by atoms with Gasteiger partial charge in [-0.2, -0.15) is 0 Å². The smallest absolute Gasteiger partial charge is 0.247 e. The number of hydrogen-bond donors (Lipinski definition) is 0. The molecule has 0 fully saturated rings. The summed E-state index contributed by atoms with van der Waals surface area (Å²) in [5.41, 5.74) is 0.889. The molecule has 4 nitrogen and oxygen atoms in total. The number of ether oxygens (including phenoxy) is 2. The van der Waals surface area contributed by atoms with Crippen LogP contribution >= 0.6 is 0 Å². The molecule has 0 unspecified atom stereocenters. The fourth-order valence-corrected chi connectivity index (χ4v) is 1.86. The van der Waals surface area contributed by atoms with Crippen LogP contribution in [0.4, 0.5) is 0 Å². The molecule has 0 spiro atoms. The van der Waals surface area contributed by atoms with Gasteiger partial charge in [-0.3, -0.25) is 4.79 Å². The second-order valence-corrected chi connectivity index (χ2v) is 4.27. The first kappa shape index (κ1) is 13.9. The average molecular weight is 271 g/mol. The SMILES string of the molecule is C=CCN(CC=C)C(=O)C=Cc1ccc2c(c1)OCO2. The van der Waals surface area contributed by atoms with E-state index < -0.39 is 0 Å². The van der Waals surface area contributed by atoms with E-state index in [4.69, 9.17) is 9.47 Å². The fraction of sp³-hybridized carbons (Fsp3) is 0.188. The summed E-state index contributed by atoms with van der Waals surface area (Å²) in [4.78, 5) is 13.7. The summed E-state index contributed by atoms with van der Waals surface area (Å²) in [6, 6.07) is 5.55. The molecule has 0 bridgehead atoms. The summed E-state index contributed by atoms with van der Waals surface area (Å²) < 4.78 is 10.5. The minimum absolute atomic E-state index is 0.0810. The van der Waals surface area contributed by atoms with E-state index in [1.54, 1.807) is 23.1 Å². The minimum Gasteiger partial charge on any atom is -0.454 e. The van der Waals surface area contributed by atoms with Crippen molar-refractivity contribution in [3.8, 4) is 11.5 Å². The summed E-state index contributed by atoms with van der Waals surface area (Å²) in [7, 11) is 0. The zero-order valence-corrected chi connectivity index (χ0v) is 11.2. The third kappa shape index (κ3) is 3.29. The van der Waals surface area contributed by atoms with E-state index in [2.05, 4.69) is 13.2 Å². The molecule has 0 saturated heterocycles. The molecule has 4 heteroatoms. The summed E-state index contributed by atoms with van der Waals surface area (Å²) in [6.07, 6.45) is 6.67. The van der Waals surface area contributed by atoms with Crippen LogP contribution in [0.25, 0.3) is 6.08 Å². The maximum atomic E-state index is 12.0. The van der Waals surface area contributed by atoms with E-state index in [-0.39, 0.29) is 12.7 Å². The number of rotatable bonds is 6. The number of carbonyl (C=O) groups excluding carboxylic acids is 1. The van der Waals surface area contributed by atoms with Crippen molar-refractivity contribution in [2.45, 2.75) is 0 Å². The second-order valence-electron chi connectivity index (χ2n) is 4.27. The third-order valence-electron chi connectivity index (χ3n) is 2.83. The molecule has 20 heavy (non-hydrogen) atoms. The Morgan fingerprint density at radius 2 is 1.90 bits per heavy atom. The Bertz CT molecular complexity index is 539. The van der Waals surface area contributed by atoms with E-state index in [1.165, 1.54) is 6.08 Å². The largest absolute Gasteiger partial charge is 0.454 e. The van der Waals surface area contributed by atoms with Gasteiger partial charge >= 0.3 is 0 Å². The molecule has 1 heterocycles. The number of nitrogens with zero attached hydrogens (tertiary/aromatic N) is 1. The highest BCUT2D eigenvalue weighted by molar-refractivity contribution is 5.92. The van der Waals surface area contributed by atoms with Gasteiger partial charge in [-0.1, -0.05) is 18.2 Å². The second kappa shape index (κ2) is 6.61. The molecule has 1 amide bonds. The predicted octanol–water partition coefficient (Wildman–Crippen LogP) is 2.63. The molecule has 0 N–H and O–H groups in total. The van der Waals surface area contributed by atoms with Gasteiger partial charge in [0.15, 0.2) is 11.5 Å². The Morgan fingerprint density at radius 3 is 2.60 bits per heavy atom. The van der Waals surface area contributed by atoms with Crippen molar-refractivity contribution in [3.63, 3.8) is 0 Å². The predicted molar refractivity (Wildman–Crippen MR) is 78.6 cm³/mol. The van der Waals surface area contributed by atoms with Crippen LogP contribution in [0.15, 0.2) is 49.6 Å². The lowest BCUT2D eigenvalue weighted by Crippen LogP contribution is -2.29. The van der Waals surface area contributed by atoms with Crippen LogP contribution in [0.1, 0.15) is 5.56 Å². The first-order valence-electron chi connectivity index (χ1n) is 6.33. The van der Waals surface area contributed by atoms with Crippen molar-refractivity contribution in [3.05, 3.63) is 55.1 Å². The Balaban J connectivity index is 2.05. The van der Waals surface area contributed by atoms with E-state index in [1.807, 2.05) is 18.2 Å². The van der Waals surface area contributed by atoms with Crippen molar-refractivity contribution in [1.29, 1.82) is 0 Å². The lowest BCUT2D eigenvalue weighted by atomic mass is 10.2. The van der Waals surface area contributed by atoms with Gasteiger partial charge in [-0.25, -0.2) is 0 Å². The van der Waals surface area contributed by atoms with Gasteiger partial charge in [0.25, 0.3) is 0 Å². The topological polar surface area (TPSA) is 38.8 Å². The fourth-order valence-electron chi connectivity index (χ4n) is 1.86. The summed E-state index contributed by atoms with van der Waals surface area (Å²) >= 11 is 0. The molecule has 2 rings (SSSR count). The molecule has 0 aliphatic carbocycles. The van der Waals surface area contributed by atoms with Crippen LogP contribution in [-0.2, 0) is 4.79 Å². The Hall–Kier alpha value is -2.49. The van der Waals surface area contributed by atoms with Crippen LogP contribution in [-0.4, -0.2) is 30.7 Å². The highest BCUT2D eigenvalue weighted by Gasteiger charge is 2.12. The van der Waals surface area contributed by atoms with Crippen LogP contribution in [0.2, 0.25) is 0 Å². The molecule has 104 valence electrons. The highest BCUT2D eigenvalue weighted by atomic mass is 16.7. The third-order valence-corrected chi connectivity index (χ3v) is 2.83. The molecule has 1 aromatic carbocycles. The Kier molecular flexibility index (Phi) is 4.60. The number of benzene rings is 1. The number of amides is 1. The molecule has 0 radical (unpaired) electrons. The van der Waals surface area contributed by atoms with Gasteiger partial charge in [-0.05, 0) is 23.8 Å². The molecule has 1 aromatic rings. The zero-order valence-electron chi connectivity index (χ0n) is 11.2. The lowest BCUT2D eigenvalue weighted by molar-refractivity contribution is -0.124. The maximum absolute atomic E-state index is 12.0. The van der Waals surface area contributed by atoms with Gasteiger partial charge in [0, 0.05) is 19.2 Å². The lowest BCUT2D eigenvalue weighted by Gasteiger charge is -2.16. The molecule has 0 saturated carbocycles. The van der Waals surface area contributed by atoms with Crippen LogP contribution in [0.3, 0.4) is 0 Å². The van der Waals surface area contributed by atoms with Crippen LogP contribution in [0, 0.1) is 0 Å². The zero-order chi connectivity index (χ0) is 14.4. The van der Waals surface area contributed by atoms with Gasteiger partial charge in [0.05, 0.1) is 0 Å². The molecule has 1 aliphatic rings. The highest BCUT2D eigenvalue weighted by Crippen LogP contribution is 2.32. The van der Waals surface area contributed by atoms with Gasteiger partial charge < -0.3 is 14.4 Å². The normalized spacial score (nSPS) is 12.4. The van der Waals surface area contributed by atoms with Crippen molar-refractivity contribution in [2.75, 3.05) is 19.9 Å². The average Bonchev–Trinajstić information content (AvgIpc) is 2.92. The molecule has 0 aromatic heterocycles. The van der Waals surface area contributed by atoms with E-state index in [0.29, 0.717) is 18.8 Å². The summed E-state index contributed by atoms with van der Waals surface area (Å²) in [6.45, 7) is 8.52. The standard InChI is InChI=1S/C16H17NO3/c1-3-9-17(10-4-2)16(18)8-6-13-5-7-14-15(11-13)20-12-19-14/h3-8,11H,1-2,9-10,12H2. The monoisotopic (exact) mass is 271 g/mol. The molecule has 1 aliphatic heterocycles. The van der Waals surface area contributed by atoms with E-state index >= 15 is 0 Å². The Labute approximate surface area is 118 Å². The summed E-state index contributed by atoms with van der Waals surface area (Å²) in [5, 5.41) is 0. The van der Waals surface area contributed by atoms with Gasteiger partial charge in [0.1, 0.15) is 0 Å². The molecular formula is C16H17NO3. The van der Waals surface area contributed by atoms with Gasteiger partial charge in [0.2, 0.25) is 12.7 Å². The molecular weight excluding hydrogens is 254 g/mol. The van der Waals surface area contributed by atoms with E-state index in [9.17, 15) is 4.79 Å². The first-order valence-corrected chi connectivity index (χ1v) is 6.33. The quantitative estimate of drug-likeness (QED) is 0.589. The molecule has 0 atom stereocenters. The first-order chi connectivity index (χ1) is 9.74. The van der Waals surface area contributed by atoms with Crippen LogP contribution in [0.5, 0.6) is 11.5 Å². The van der Waals surface area contributed by atoms with Crippen molar-refractivity contribution in [1.82, 2.24) is 4.90 Å². The van der Waals surface area contributed by atoms with Crippen LogP contribution < -0.4 is 9.47 Å². The van der Waals surface area contributed by atoms with Gasteiger partial charge in [-0.15, -0.1) is 13.2 Å². The number of fused-ring (bicyclic) bond motifs is 1. The van der Waals surface area contributed by atoms with Crippen molar-refractivity contribution >= 4 is 12.0 Å². The van der Waals surface area contributed by atoms with Crippen molar-refractivity contribution in [2.24, 2.45) is 0 Å². The Morgan fingerprint density at radius 1 is 1.20 bits per heavy atom. The number of hydrogen-bond acceptors (Lipinski definition) is 3. The summed E-state index contributed by atoms with van der Waals surface area (Å²) in [5.74, 6) is 1.35. The maximum Gasteiger partial charge on any atom is 0.247 e. The minimum atomic E-state index is -0.0810. The number of carbonyl (C=O) groups is 1. The van der Waals surface area contributed by atoms with Crippen molar-refractivity contribution < 1.29 is 14.3 Å².